The third-order valence-electron chi connectivity index (χ3n) is 14.8. The number of carbonyl (C=O) groups excluding carboxylic acids is 5. The molecule has 2 saturated heterocycles. The number of piperidine rings is 1. The number of amides is 1. The van der Waals surface area contributed by atoms with Gasteiger partial charge in [0.1, 0.15) is 30.1 Å². The predicted molar refractivity (Wildman–Crippen MR) is 256 cm³/mol. The zero-order valence-corrected chi connectivity index (χ0v) is 42.4. The molecule has 3 aliphatic heterocycles. The third kappa shape index (κ3) is 15.5. The number of methoxy groups -OCH3 is 3. The van der Waals surface area contributed by atoms with Crippen molar-refractivity contribution in [3.05, 3.63) is 47.6 Å². The van der Waals surface area contributed by atoms with E-state index in [-0.39, 0.29) is 67.8 Å². The number of rotatable bonds is 9. The van der Waals surface area contributed by atoms with E-state index in [4.69, 9.17) is 28.4 Å². The number of nitrogens with zero attached hydrogens (tertiary/aromatic N) is 1. The lowest BCUT2D eigenvalue weighted by Gasteiger charge is -2.43. The van der Waals surface area contributed by atoms with Gasteiger partial charge in [0.15, 0.2) is 5.78 Å². The Morgan fingerprint density at radius 3 is 2.28 bits per heavy atom. The third-order valence-corrected chi connectivity index (χ3v) is 14.8. The van der Waals surface area contributed by atoms with Crippen molar-refractivity contribution in [1.82, 2.24) is 4.90 Å². The van der Waals surface area contributed by atoms with Crippen LogP contribution < -0.4 is 0 Å². The normalized spacial score (nSPS) is 39.2. The number of cyclic esters (lactones) is 1. The zero-order valence-electron chi connectivity index (χ0n) is 42.4. The number of aliphatic hydroxyl groups is 3. The van der Waals surface area contributed by atoms with Crippen LogP contribution in [0.4, 0.5) is 0 Å². The second-order valence-corrected chi connectivity index (χ2v) is 20.2. The van der Waals surface area contributed by atoms with Gasteiger partial charge in [0.25, 0.3) is 11.7 Å². The van der Waals surface area contributed by atoms with Gasteiger partial charge in [-0.15, -0.1) is 0 Å². The van der Waals surface area contributed by atoms with E-state index in [1.165, 1.54) is 12.0 Å². The molecule has 4 rings (SSSR count). The molecule has 0 radical (unpaired) electrons. The van der Waals surface area contributed by atoms with Crippen molar-refractivity contribution >= 4 is 29.2 Å². The first-order valence-corrected chi connectivity index (χ1v) is 25.0. The van der Waals surface area contributed by atoms with Gasteiger partial charge in [-0.05, 0) is 107 Å². The molecule has 3 N–H and O–H groups in total. The molecule has 0 aromatic heterocycles. The van der Waals surface area contributed by atoms with E-state index in [9.17, 15) is 39.3 Å². The molecular formula is C53H83NO14. The maximum absolute atomic E-state index is 14.4. The van der Waals surface area contributed by atoms with E-state index in [1.54, 1.807) is 41.1 Å². The van der Waals surface area contributed by atoms with Gasteiger partial charge in [0, 0.05) is 58.5 Å². The molecule has 1 unspecified atom stereocenters. The van der Waals surface area contributed by atoms with E-state index < -0.39 is 83.9 Å². The van der Waals surface area contributed by atoms with Crippen molar-refractivity contribution in [2.24, 2.45) is 35.5 Å². The number of ketones is 3. The Morgan fingerprint density at radius 2 is 1.59 bits per heavy atom. The van der Waals surface area contributed by atoms with Gasteiger partial charge in [0.2, 0.25) is 5.79 Å². The van der Waals surface area contributed by atoms with Gasteiger partial charge in [-0.2, -0.15) is 0 Å². The summed E-state index contributed by atoms with van der Waals surface area (Å²) >= 11 is 0. The van der Waals surface area contributed by atoms with E-state index in [2.05, 4.69) is 0 Å². The fraction of sp³-hybridized carbons (Fsp3) is 0.755. The molecule has 1 saturated carbocycles. The SMILES string of the molecule is COCCO[C@H]1C[C@@H]2CC[C@@H](C)[C@@](O)(O2)C(=O)C(=O)N2CCCC[C@H]2C(=O)O[C@H](C(C)C[C@@H]2CC[C@@H](O)[C@H](OC)C2)CC(=O)[C@H](C)/C=C(\C)[C@@H](O)[C@@H](OC)C(=O)[C@H](C)C[C@H](C)/C=C/C=C/C=C/1C. The summed E-state index contributed by atoms with van der Waals surface area (Å²) in [5.74, 6) is -8.09. The van der Waals surface area contributed by atoms with Gasteiger partial charge in [-0.1, -0.05) is 71.1 Å². The number of hydrogen-bond donors (Lipinski definition) is 3. The van der Waals surface area contributed by atoms with Gasteiger partial charge in [0.05, 0.1) is 37.6 Å². The number of esters is 1. The van der Waals surface area contributed by atoms with Crippen molar-refractivity contribution in [2.45, 2.75) is 180 Å². The highest BCUT2D eigenvalue weighted by Gasteiger charge is 2.53. The Kier molecular flexibility index (Phi) is 22.9. The highest BCUT2D eigenvalue weighted by Crippen LogP contribution is 2.38. The second-order valence-electron chi connectivity index (χ2n) is 20.2. The molecule has 15 heteroatoms. The summed E-state index contributed by atoms with van der Waals surface area (Å²) < 4.78 is 35.1. The van der Waals surface area contributed by atoms with Crippen LogP contribution in [0, 0.1) is 35.5 Å². The van der Waals surface area contributed by atoms with Crippen LogP contribution in [0.1, 0.15) is 126 Å². The highest BCUT2D eigenvalue weighted by molar-refractivity contribution is 6.39. The average molecular weight is 958 g/mol. The molecule has 68 heavy (non-hydrogen) atoms. The van der Waals surface area contributed by atoms with Crippen molar-refractivity contribution in [1.29, 1.82) is 0 Å². The van der Waals surface area contributed by atoms with Crippen LogP contribution in [0.5, 0.6) is 0 Å². The minimum atomic E-state index is -2.46. The molecule has 3 fully saturated rings. The van der Waals surface area contributed by atoms with Crippen molar-refractivity contribution in [2.75, 3.05) is 41.1 Å². The maximum Gasteiger partial charge on any atom is 0.329 e. The largest absolute Gasteiger partial charge is 0.460 e. The number of Topliss-reactive ketones (excluding diaryl/α,β-unsaturated/α-hetero) is 3. The van der Waals surface area contributed by atoms with Crippen LogP contribution in [0.25, 0.3) is 0 Å². The lowest BCUT2D eigenvalue weighted by molar-refractivity contribution is -0.266. The van der Waals surface area contributed by atoms with E-state index in [0.29, 0.717) is 63.5 Å². The second kappa shape index (κ2) is 27.3. The molecule has 3 heterocycles. The molecule has 15 atom stereocenters. The van der Waals surface area contributed by atoms with Crippen LogP contribution in [0.15, 0.2) is 47.6 Å². The smallest absolute Gasteiger partial charge is 0.329 e. The van der Waals surface area contributed by atoms with Gasteiger partial charge < -0.3 is 48.6 Å². The molecular weight excluding hydrogens is 875 g/mol. The van der Waals surface area contributed by atoms with Crippen LogP contribution in [-0.4, -0.2) is 145 Å². The Morgan fingerprint density at radius 1 is 0.853 bits per heavy atom. The number of fused-ring (bicyclic) bond motifs is 3. The van der Waals surface area contributed by atoms with Crippen molar-refractivity contribution in [3.8, 4) is 0 Å². The summed E-state index contributed by atoms with van der Waals surface area (Å²) in [5, 5.41) is 34.0. The number of allylic oxidation sites excluding steroid dienone is 6. The fourth-order valence-electron chi connectivity index (χ4n) is 10.3. The molecule has 15 nitrogen and oxygen atoms in total. The molecule has 0 spiro atoms. The summed E-state index contributed by atoms with van der Waals surface area (Å²) in [6, 6.07) is -1.15. The number of hydrogen-bond acceptors (Lipinski definition) is 14. The number of aliphatic hydroxyl groups excluding tert-OH is 2. The van der Waals surface area contributed by atoms with Gasteiger partial charge in [-0.3, -0.25) is 19.2 Å². The van der Waals surface area contributed by atoms with E-state index in [1.807, 2.05) is 58.1 Å². The summed E-state index contributed by atoms with van der Waals surface area (Å²) in [6.07, 6.45) is 10.9. The number of ether oxygens (including phenoxy) is 6. The van der Waals surface area contributed by atoms with Gasteiger partial charge >= 0.3 is 5.97 Å². The van der Waals surface area contributed by atoms with E-state index in [0.717, 1.165) is 12.0 Å². The lowest BCUT2D eigenvalue weighted by atomic mass is 9.78. The molecule has 384 valence electrons. The van der Waals surface area contributed by atoms with Crippen LogP contribution in [0.2, 0.25) is 0 Å². The van der Waals surface area contributed by atoms with Gasteiger partial charge in [-0.25, -0.2) is 4.79 Å². The molecule has 4 aliphatic rings. The summed E-state index contributed by atoms with van der Waals surface area (Å²) in [7, 11) is 4.52. The fourth-order valence-corrected chi connectivity index (χ4v) is 10.3. The highest BCUT2D eigenvalue weighted by atomic mass is 16.6. The minimum absolute atomic E-state index is 0.00394. The van der Waals surface area contributed by atoms with Crippen LogP contribution >= 0.6 is 0 Å². The summed E-state index contributed by atoms with van der Waals surface area (Å²) in [4.78, 5) is 72.2. The number of carbonyl (C=O) groups is 5. The van der Waals surface area contributed by atoms with Crippen LogP contribution in [-0.2, 0) is 52.4 Å². The summed E-state index contributed by atoms with van der Waals surface area (Å²) in [6.45, 7) is 13.4. The molecule has 1 aliphatic carbocycles. The first-order valence-electron chi connectivity index (χ1n) is 25.0. The quantitative estimate of drug-likeness (QED) is 0.102. The Bertz CT molecular complexity index is 1810. The topological polar surface area (TPSA) is 205 Å². The Balaban J connectivity index is 1.72. The first kappa shape index (κ1) is 57.2. The molecule has 1 amide bonds. The molecule has 2 bridgehead atoms. The first-order chi connectivity index (χ1) is 32.2. The zero-order chi connectivity index (χ0) is 50.3. The van der Waals surface area contributed by atoms with Crippen molar-refractivity contribution in [3.63, 3.8) is 0 Å². The van der Waals surface area contributed by atoms with E-state index >= 15 is 0 Å². The summed E-state index contributed by atoms with van der Waals surface area (Å²) in [5.41, 5.74) is 1.24. The predicted octanol–water partition coefficient (Wildman–Crippen LogP) is 6.20. The Hall–Kier alpha value is -3.41. The average Bonchev–Trinajstić information content (AvgIpc) is 3.31. The maximum atomic E-state index is 14.4. The van der Waals surface area contributed by atoms with Crippen molar-refractivity contribution < 1.29 is 67.7 Å². The monoisotopic (exact) mass is 958 g/mol. The molecule has 0 aromatic rings. The standard InChI is InChI=1S/C53H83NO14/c1-32-16-12-11-13-17-33(2)44(66-25-24-63-8)30-40-21-19-38(7)53(62,68-40)50(59)51(60)54-23-15-14-18-41(54)52(61)67-45(35(4)28-39-20-22-42(55)46(29-39)64-9)31-43(56)34(3)27-37(6)48(58)49(65-10)47(57)36(5)26-32/h11-13,16-17,27,32,34-36,38-42,44-46,48-49,55,58,62H,14-15,18-26,28-31H2,1-10H3/b13-11+,16-12+,33-17+,37-27+/t32-,34-,35?,36-,38-,39+,40+,41+,42-,44+,45+,46-,48-,49+,53-/m1/s1. The Labute approximate surface area is 405 Å². The lowest BCUT2D eigenvalue weighted by Crippen LogP contribution is -2.61. The minimum Gasteiger partial charge on any atom is -0.460 e. The molecule has 0 aromatic carbocycles. The van der Waals surface area contributed by atoms with Crippen LogP contribution in [0.3, 0.4) is 0 Å².